The zero-order valence-electron chi connectivity index (χ0n) is 10.4. The van der Waals surface area contributed by atoms with E-state index in [-0.39, 0.29) is 6.29 Å². The summed E-state index contributed by atoms with van der Waals surface area (Å²) in [5.41, 5.74) is 5.52. The number of hydrogen-bond acceptors (Lipinski definition) is 5. The zero-order valence-corrected chi connectivity index (χ0v) is 11.2. The molecule has 2 N–H and O–H groups in total. The van der Waals surface area contributed by atoms with Gasteiger partial charge < -0.3 is 15.2 Å². The Morgan fingerprint density at radius 2 is 2.00 bits per heavy atom. The van der Waals surface area contributed by atoms with Crippen LogP contribution in [0.2, 0.25) is 0 Å². The molecular weight excluding hydrogens is 236 g/mol. The summed E-state index contributed by atoms with van der Waals surface area (Å²) < 4.78 is 10.9. The predicted molar refractivity (Wildman–Crippen MR) is 71.0 cm³/mol. The average Bonchev–Trinajstić information content (AvgIpc) is 2.32. The van der Waals surface area contributed by atoms with Crippen LogP contribution in [0.3, 0.4) is 0 Å². The molecule has 5 heteroatoms. The first-order valence-electron chi connectivity index (χ1n) is 5.83. The molecule has 0 saturated heterocycles. The van der Waals surface area contributed by atoms with E-state index in [1.807, 2.05) is 26.0 Å². The van der Waals surface area contributed by atoms with Gasteiger partial charge in [0, 0.05) is 36.5 Å². The first kappa shape index (κ1) is 14.3. The first-order valence-corrected chi connectivity index (χ1v) is 6.82. The van der Waals surface area contributed by atoms with Crippen molar-refractivity contribution in [3.8, 4) is 0 Å². The van der Waals surface area contributed by atoms with Gasteiger partial charge in [-0.15, -0.1) is 11.8 Å². The molecule has 4 nitrogen and oxygen atoms in total. The predicted octanol–water partition coefficient (Wildman–Crippen LogP) is 2.55. The summed E-state index contributed by atoms with van der Waals surface area (Å²) in [5, 5.41) is 0. The molecule has 1 rings (SSSR count). The lowest BCUT2D eigenvalue weighted by atomic mass is 10.4. The van der Waals surface area contributed by atoms with Gasteiger partial charge in [0.2, 0.25) is 0 Å². The molecule has 0 aliphatic carbocycles. The van der Waals surface area contributed by atoms with Crippen molar-refractivity contribution in [3.63, 3.8) is 0 Å². The fourth-order valence-electron chi connectivity index (χ4n) is 1.34. The number of thioether (sulfide) groups is 1. The van der Waals surface area contributed by atoms with Crippen molar-refractivity contribution < 1.29 is 9.47 Å². The van der Waals surface area contributed by atoms with Crippen LogP contribution in [0, 0.1) is 0 Å². The molecule has 0 aromatic carbocycles. The average molecular weight is 256 g/mol. The Bertz CT molecular complexity index is 300. The van der Waals surface area contributed by atoms with Crippen molar-refractivity contribution >= 4 is 17.6 Å². The Labute approximate surface area is 107 Å². The van der Waals surface area contributed by atoms with Crippen LogP contribution in [0.1, 0.15) is 20.3 Å². The summed E-state index contributed by atoms with van der Waals surface area (Å²) in [7, 11) is 0. The van der Waals surface area contributed by atoms with Crippen LogP contribution in [0.5, 0.6) is 0 Å². The van der Waals surface area contributed by atoms with E-state index in [9.17, 15) is 0 Å². The van der Waals surface area contributed by atoms with E-state index in [4.69, 9.17) is 15.2 Å². The smallest absolute Gasteiger partial charge is 0.158 e. The van der Waals surface area contributed by atoms with Crippen LogP contribution in [0.15, 0.2) is 23.2 Å². The second-order valence-corrected chi connectivity index (χ2v) is 4.56. The van der Waals surface area contributed by atoms with Gasteiger partial charge in [-0.3, -0.25) is 0 Å². The van der Waals surface area contributed by atoms with Crippen molar-refractivity contribution in [1.29, 1.82) is 0 Å². The molecule has 0 spiro atoms. The minimum absolute atomic E-state index is 0.0979. The van der Waals surface area contributed by atoms with Gasteiger partial charge in [-0.1, -0.05) is 0 Å². The lowest BCUT2D eigenvalue weighted by molar-refractivity contribution is -0.136. The second kappa shape index (κ2) is 8.33. The Hall–Kier alpha value is -0.780. The van der Waals surface area contributed by atoms with Crippen molar-refractivity contribution in [2.45, 2.75) is 31.5 Å². The van der Waals surface area contributed by atoms with Gasteiger partial charge in [-0.25, -0.2) is 4.98 Å². The second-order valence-electron chi connectivity index (χ2n) is 3.40. The van der Waals surface area contributed by atoms with Crippen molar-refractivity contribution in [2.75, 3.05) is 24.7 Å². The maximum absolute atomic E-state index is 5.52. The summed E-state index contributed by atoms with van der Waals surface area (Å²) in [5.74, 6) is 1.49. The van der Waals surface area contributed by atoms with Gasteiger partial charge in [0.15, 0.2) is 6.29 Å². The third-order valence-corrected chi connectivity index (χ3v) is 3.10. The van der Waals surface area contributed by atoms with Crippen LogP contribution in [-0.4, -0.2) is 30.2 Å². The Kier molecular flexibility index (Phi) is 7.00. The zero-order chi connectivity index (χ0) is 12.5. The first-order chi connectivity index (χ1) is 8.26. The normalized spacial score (nSPS) is 11.0. The minimum Gasteiger partial charge on any atom is -0.384 e. The molecule has 0 fully saturated rings. The van der Waals surface area contributed by atoms with Crippen molar-refractivity contribution in [1.82, 2.24) is 4.98 Å². The number of rotatable bonds is 8. The summed E-state index contributed by atoms with van der Waals surface area (Å²) in [6.45, 7) is 5.31. The molecule has 1 aromatic rings. The van der Waals surface area contributed by atoms with E-state index >= 15 is 0 Å². The molecular formula is C12H20N2O2S. The van der Waals surface area contributed by atoms with E-state index in [2.05, 4.69) is 4.98 Å². The summed E-state index contributed by atoms with van der Waals surface area (Å²) in [6, 6.07) is 3.79. The third kappa shape index (κ3) is 5.91. The molecule has 17 heavy (non-hydrogen) atoms. The minimum atomic E-state index is -0.0979. The van der Waals surface area contributed by atoms with E-state index < -0.39 is 0 Å². The van der Waals surface area contributed by atoms with Crippen molar-refractivity contribution in [3.05, 3.63) is 18.3 Å². The van der Waals surface area contributed by atoms with Crippen LogP contribution in [-0.2, 0) is 9.47 Å². The Balaban J connectivity index is 2.27. The molecule has 0 bridgehead atoms. The third-order valence-electron chi connectivity index (χ3n) is 2.09. The lowest BCUT2D eigenvalue weighted by Crippen LogP contribution is -2.18. The molecule has 0 radical (unpaired) electrons. The fourth-order valence-corrected chi connectivity index (χ4v) is 2.17. The standard InChI is InChI=1S/C12H20N2O2S/c1-3-15-12(16-4-2)7-8-17-10-5-6-11(13)14-9-10/h5-6,9,12H,3-4,7-8H2,1-2H3,(H2,13,14). The number of hydrogen-bond donors (Lipinski definition) is 1. The molecule has 0 aliphatic rings. The SMILES string of the molecule is CCOC(CCSc1ccc(N)nc1)OCC. The molecule has 96 valence electrons. The quantitative estimate of drug-likeness (QED) is 0.572. The van der Waals surface area contributed by atoms with Gasteiger partial charge in [0.05, 0.1) is 0 Å². The van der Waals surface area contributed by atoms with Gasteiger partial charge in [-0.2, -0.15) is 0 Å². The van der Waals surface area contributed by atoms with Gasteiger partial charge in [0.25, 0.3) is 0 Å². The highest BCUT2D eigenvalue weighted by atomic mass is 32.2. The highest BCUT2D eigenvalue weighted by molar-refractivity contribution is 7.99. The van der Waals surface area contributed by atoms with Crippen molar-refractivity contribution in [2.24, 2.45) is 0 Å². The van der Waals surface area contributed by atoms with Gasteiger partial charge in [-0.05, 0) is 26.0 Å². The summed E-state index contributed by atoms with van der Waals surface area (Å²) in [6.07, 6.45) is 2.56. The topological polar surface area (TPSA) is 57.4 Å². The monoisotopic (exact) mass is 256 g/mol. The Morgan fingerprint density at radius 3 is 2.53 bits per heavy atom. The number of nitrogen functional groups attached to an aromatic ring is 1. The maximum Gasteiger partial charge on any atom is 0.158 e. The summed E-state index contributed by atoms with van der Waals surface area (Å²) in [4.78, 5) is 5.16. The van der Waals surface area contributed by atoms with Gasteiger partial charge in [0.1, 0.15) is 5.82 Å². The maximum atomic E-state index is 5.52. The number of nitrogens with two attached hydrogens (primary N) is 1. The lowest BCUT2D eigenvalue weighted by Gasteiger charge is -2.16. The summed E-state index contributed by atoms with van der Waals surface area (Å²) >= 11 is 1.73. The molecule has 0 atom stereocenters. The molecule has 1 aromatic heterocycles. The van der Waals surface area contributed by atoms with Crippen LogP contribution in [0.25, 0.3) is 0 Å². The van der Waals surface area contributed by atoms with E-state index in [1.54, 1.807) is 18.0 Å². The highest BCUT2D eigenvalue weighted by Crippen LogP contribution is 2.19. The van der Waals surface area contributed by atoms with E-state index in [0.717, 1.165) is 17.1 Å². The molecule has 0 amide bonds. The molecule has 0 aliphatic heterocycles. The number of nitrogens with zero attached hydrogens (tertiary/aromatic N) is 1. The largest absolute Gasteiger partial charge is 0.384 e. The van der Waals surface area contributed by atoms with E-state index in [0.29, 0.717) is 19.0 Å². The Morgan fingerprint density at radius 1 is 1.29 bits per heavy atom. The molecule has 0 unspecified atom stereocenters. The number of pyridine rings is 1. The van der Waals surface area contributed by atoms with Crippen LogP contribution in [0.4, 0.5) is 5.82 Å². The van der Waals surface area contributed by atoms with Gasteiger partial charge >= 0.3 is 0 Å². The fraction of sp³-hybridized carbons (Fsp3) is 0.583. The van der Waals surface area contributed by atoms with Crippen LogP contribution >= 0.6 is 11.8 Å². The number of anilines is 1. The molecule has 0 saturated carbocycles. The van der Waals surface area contributed by atoms with E-state index in [1.165, 1.54) is 0 Å². The number of aromatic nitrogens is 1. The number of ether oxygens (including phenoxy) is 2. The van der Waals surface area contributed by atoms with Crippen LogP contribution < -0.4 is 5.73 Å². The highest BCUT2D eigenvalue weighted by Gasteiger charge is 2.07. The molecule has 1 heterocycles.